The molecule has 0 spiro atoms. The van der Waals surface area contributed by atoms with Gasteiger partial charge in [0, 0.05) is 27.1 Å². The zero-order chi connectivity index (χ0) is 11.3. The van der Waals surface area contributed by atoms with Crippen molar-refractivity contribution >= 4 is 23.3 Å². The van der Waals surface area contributed by atoms with Crippen molar-refractivity contribution in [3.05, 3.63) is 23.4 Å². The zero-order valence-electron chi connectivity index (χ0n) is 8.83. The van der Waals surface area contributed by atoms with Crippen LogP contribution in [0.3, 0.4) is 0 Å². The predicted molar refractivity (Wildman–Crippen MR) is 61.2 cm³/mol. The summed E-state index contributed by atoms with van der Waals surface area (Å²) < 4.78 is 0. The molecule has 0 fully saturated rings. The zero-order valence-corrected chi connectivity index (χ0v) is 9.58. The molecule has 1 N–H and O–H groups in total. The van der Waals surface area contributed by atoms with Gasteiger partial charge in [-0.1, -0.05) is 17.7 Å². The maximum Gasteiger partial charge on any atom is 0.221 e. The van der Waals surface area contributed by atoms with Crippen LogP contribution in [0.5, 0.6) is 0 Å². The van der Waals surface area contributed by atoms with E-state index in [1.807, 2.05) is 24.1 Å². The summed E-state index contributed by atoms with van der Waals surface area (Å²) in [6, 6.07) is 5.41. The first kappa shape index (κ1) is 11.8. The van der Waals surface area contributed by atoms with E-state index in [0.717, 1.165) is 5.82 Å². The molecule has 0 aliphatic heterocycles. The van der Waals surface area contributed by atoms with E-state index in [1.165, 1.54) is 0 Å². The molecule has 1 amide bonds. The summed E-state index contributed by atoms with van der Waals surface area (Å²) in [6.07, 6.45) is 0.446. The number of hydrogen-bond acceptors (Lipinski definition) is 3. The number of amides is 1. The highest BCUT2D eigenvalue weighted by Gasteiger charge is 2.05. The van der Waals surface area contributed by atoms with Gasteiger partial charge in [0.05, 0.1) is 0 Å². The van der Waals surface area contributed by atoms with Gasteiger partial charge in [0.2, 0.25) is 5.91 Å². The van der Waals surface area contributed by atoms with E-state index in [-0.39, 0.29) is 5.91 Å². The molecular formula is C10H14ClN3O. The Bertz CT molecular complexity index is 343. The number of carbonyl (C=O) groups is 1. The molecule has 0 bridgehead atoms. The second-order valence-electron chi connectivity index (χ2n) is 3.16. The highest BCUT2D eigenvalue weighted by atomic mass is 35.5. The second-order valence-corrected chi connectivity index (χ2v) is 3.55. The van der Waals surface area contributed by atoms with Crippen LogP contribution < -0.4 is 10.2 Å². The molecule has 0 saturated carbocycles. The van der Waals surface area contributed by atoms with E-state index in [4.69, 9.17) is 11.6 Å². The lowest BCUT2D eigenvalue weighted by molar-refractivity contribution is -0.120. The molecule has 1 heterocycles. The number of nitrogens with one attached hydrogen (secondary N) is 1. The number of anilines is 1. The molecule has 1 rings (SSSR count). The van der Waals surface area contributed by atoms with E-state index in [9.17, 15) is 4.79 Å². The van der Waals surface area contributed by atoms with Crippen molar-refractivity contribution in [2.45, 2.75) is 6.42 Å². The third-order valence-electron chi connectivity index (χ3n) is 2.04. The minimum atomic E-state index is 0.0175. The number of hydrogen-bond donors (Lipinski definition) is 1. The third kappa shape index (κ3) is 3.75. The molecule has 0 atom stereocenters. The summed E-state index contributed by atoms with van der Waals surface area (Å²) >= 11 is 5.76. The maximum atomic E-state index is 11.0. The number of aromatic nitrogens is 1. The van der Waals surface area contributed by atoms with Gasteiger partial charge in [0.1, 0.15) is 11.0 Å². The van der Waals surface area contributed by atoms with E-state index in [0.29, 0.717) is 18.1 Å². The monoisotopic (exact) mass is 227 g/mol. The van der Waals surface area contributed by atoms with Crippen molar-refractivity contribution < 1.29 is 4.79 Å². The quantitative estimate of drug-likeness (QED) is 0.789. The van der Waals surface area contributed by atoms with Crippen molar-refractivity contribution in [1.29, 1.82) is 0 Å². The third-order valence-corrected chi connectivity index (χ3v) is 2.26. The fraction of sp³-hybridized carbons (Fsp3) is 0.400. The molecule has 0 saturated heterocycles. The summed E-state index contributed by atoms with van der Waals surface area (Å²) in [5.41, 5.74) is 0. The first-order chi connectivity index (χ1) is 7.13. The molecule has 0 aliphatic rings. The van der Waals surface area contributed by atoms with Gasteiger partial charge in [-0.05, 0) is 12.1 Å². The van der Waals surface area contributed by atoms with Crippen LogP contribution in [0.4, 0.5) is 5.82 Å². The topological polar surface area (TPSA) is 45.2 Å². The Morgan fingerprint density at radius 1 is 1.60 bits per heavy atom. The predicted octanol–water partition coefficient (Wildman–Crippen LogP) is 1.31. The van der Waals surface area contributed by atoms with Crippen molar-refractivity contribution in [3.63, 3.8) is 0 Å². The standard InChI is InChI=1S/C10H14ClN3O/c1-12-10(15)6-7-14(2)9-5-3-4-8(11)13-9/h3-5H,6-7H2,1-2H3,(H,12,15). The van der Waals surface area contributed by atoms with Crippen molar-refractivity contribution in [2.75, 3.05) is 25.5 Å². The van der Waals surface area contributed by atoms with Gasteiger partial charge in [0.15, 0.2) is 0 Å². The Balaban J connectivity index is 2.53. The van der Waals surface area contributed by atoms with Crippen LogP contribution in [0.25, 0.3) is 0 Å². The van der Waals surface area contributed by atoms with Crippen LogP contribution in [0.2, 0.25) is 5.15 Å². The van der Waals surface area contributed by atoms with Gasteiger partial charge in [-0.2, -0.15) is 0 Å². The average molecular weight is 228 g/mol. The fourth-order valence-corrected chi connectivity index (χ4v) is 1.28. The van der Waals surface area contributed by atoms with Crippen LogP contribution in [0.1, 0.15) is 6.42 Å². The smallest absolute Gasteiger partial charge is 0.221 e. The first-order valence-electron chi connectivity index (χ1n) is 4.67. The highest BCUT2D eigenvalue weighted by molar-refractivity contribution is 6.29. The van der Waals surface area contributed by atoms with Crippen LogP contribution in [-0.2, 0) is 4.79 Å². The normalized spacial score (nSPS) is 9.80. The molecule has 4 nitrogen and oxygen atoms in total. The van der Waals surface area contributed by atoms with Crippen LogP contribution >= 0.6 is 11.6 Å². The maximum absolute atomic E-state index is 11.0. The average Bonchev–Trinajstić information content (AvgIpc) is 2.25. The van der Waals surface area contributed by atoms with Crippen molar-refractivity contribution in [1.82, 2.24) is 10.3 Å². The molecule has 0 aliphatic carbocycles. The summed E-state index contributed by atoms with van der Waals surface area (Å²) in [5, 5.41) is 3.03. The molecule has 5 heteroatoms. The Kier molecular flexibility index (Phi) is 4.37. The fourth-order valence-electron chi connectivity index (χ4n) is 1.12. The minimum Gasteiger partial charge on any atom is -0.359 e. The summed E-state index contributed by atoms with van der Waals surface area (Å²) in [6.45, 7) is 0.618. The van der Waals surface area contributed by atoms with Crippen LogP contribution in [0.15, 0.2) is 18.2 Å². The number of pyridine rings is 1. The Labute approximate surface area is 94.3 Å². The minimum absolute atomic E-state index is 0.0175. The van der Waals surface area contributed by atoms with E-state index < -0.39 is 0 Å². The first-order valence-corrected chi connectivity index (χ1v) is 5.05. The van der Waals surface area contributed by atoms with Crippen molar-refractivity contribution in [3.8, 4) is 0 Å². The van der Waals surface area contributed by atoms with Gasteiger partial charge in [-0.25, -0.2) is 4.98 Å². The van der Waals surface area contributed by atoms with Gasteiger partial charge < -0.3 is 10.2 Å². The molecule has 0 radical (unpaired) electrons. The van der Waals surface area contributed by atoms with Crippen LogP contribution in [-0.4, -0.2) is 31.5 Å². The Morgan fingerprint density at radius 2 is 2.33 bits per heavy atom. The number of carbonyl (C=O) groups excluding carboxylic acids is 1. The van der Waals surface area contributed by atoms with Crippen LogP contribution in [0, 0.1) is 0 Å². The number of rotatable bonds is 4. The van der Waals surface area contributed by atoms with Gasteiger partial charge >= 0.3 is 0 Å². The Hall–Kier alpha value is -1.29. The second kappa shape index (κ2) is 5.56. The summed E-state index contributed by atoms with van der Waals surface area (Å²) in [4.78, 5) is 17.1. The lowest BCUT2D eigenvalue weighted by atomic mass is 10.3. The van der Waals surface area contributed by atoms with E-state index in [1.54, 1.807) is 13.1 Å². The number of nitrogens with zero attached hydrogens (tertiary/aromatic N) is 2. The van der Waals surface area contributed by atoms with E-state index >= 15 is 0 Å². The lowest BCUT2D eigenvalue weighted by Gasteiger charge is -2.17. The highest BCUT2D eigenvalue weighted by Crippen LogP contribution is 2.12. The molecular weight excluding hydrogens is 214 g/mol. The molecule has 0 unspecified atom stereocenters. The molecule has 0 aromatic carbocycles. The molecule has 1 aromatic rings. The van der Waals surface area contributed by atoms with Crippen molar-refractivity contribution in [2.24, 2.45) is 0 Å². The number of halogens is 1. The molecule has 1 aromatic heterocycles. The molecule has 82 valence electrons. The lowest BCUT2D eigenvalue weighted by Crippen LogP contribution is -2.26. The van der Waals surface area contributed by atoms with Gasteiger partial charge in [-0.3, -0.25) is 4.79 Å². The van der Waals surface area contributed by atoms with Gasteiger partial charge in [0.25, 0.3) is 0 Å². The van der Waals surface area contributed by atoms with E-state index in [2.05, 4.69) is 10.3 Å². The van der Waals surface area contributed by atoms with Gasteiger partial charge in [-0.15, -0.1) is 0 Å². The Morgan fingerprint density at radius 3 is 2.93 bits per heavy atom. The largest absolute Gasteiger partial charge is 0.359 e. The summed E-state index contributed by atoms with van der Waals surface area (Å²) in [5.74, 6) is 0.787. The SMILES string of the molecule is CNC(=O)CCN(C)c1cccc(Cl)n1. The summed E-state index contributed by atoms with van der Waals surface area (Å²) in [7, 11) is 3.50. The molecule has 15 heavy (non-hydrogen) atoms.